The maximum Gasteiger partial charge on any atom is 1.00 e. The average molecular weight is 152 g/mol. The van der Waals surface area contributed by atoms with Crippen LogP contribution in [0.25, 0.3) is 0 Å². The van der Waals surface area contributed by atoms with Crippen LogP contribution in [0, 0.1) is 11.3 Å². The van der Waals surface area contributed by atoms with Gasteiger partial charge in [-0.05, 0) is 12.3 Å². The van der Waals surface area contributed by atoms with Gasteiger partial charge in [0.05, 0.1) is 0 Å². The summed E-state index contributed by atoms with van der Waals surface area (Å²) in [6, 6.07) is 0. The Morgan fingerprint density at radius 1 is 1.90 bits per heavy atom. The molecular formula is C6H9NaO3. The van der Waals surface area contributed by atoms with Gasteiger partial charge in [-0.3, -0.25) is 0 Å². The zero-order valence-electron chi connectivity index (χ0n) is 6.26. The summed E-state index contributed by atoms with van der Waals surface area (Å²) in [7, 11) is 0. The smallest absolute Gasteiger partial charge is 0.550 e. The minimum atomic E-state index is -1.04. The van der Waals surface area contributed by atoms with Crippen molar-refractivity contribution in [1.82, 2.24) is 0 Å². The molecule has 1 N–H and O–H groups in total. The van der Waals surface area contributed by atoms with Gasteiger partial charge in [-0.25, -0.2) is 0 Å². The second kappa shape index (κ2) is 3.22. The summed E-state index contributed by atoms with van der Waals surface area (Å²) >= 11 is 0. The molecule has 0 aromatic carbocycles. The van der Waals surface area contributed by atoms with Gasteiger partial charge in [-0.1, -0.05) is 6.92 Å². The van der Waals surface area contributed by atoms with Crippen LogP contribution in [0.2, 0.25) is 0 Å². The molecule has 0 amide bonds. The molecule has 0 radical (unpaired) electrons. The van der Waals surface area contributed by atoms with Crippen LogP contribution in [-0.2, 0) is 4.79 Å². The molecule has 0 unspecified atom stereocenters. The number of hydrogen-bond donors (Lipinski definition) is 1. The largest absolute Gasteiger partial charge is 1.00 e. The Bertz CT molecular complexity index is 148. The SMILES string of the molecule is C[C@]1(C(=O)[O-])C[C@@H]1CO.[Na+]. The van der Waals surface area contributed by atoms with Crippen LogP contribution in [0.4, 0.5) is 0 Å². The summed E-state index contributed by atoms with van der Waals surface area (Å²) in [4.78, 5) is 10.2. The normalized spacial score (nSPS) is 36.4. The van der Waals surface area contributed by atoms with Crippen LogP contribution >= 0.6 is 0 Å². The van der Waals surface area contributed by atoms with E-state index in [1.54, 1.807) is 6.92 Å². The Morgan fingerprint density at radius 2 is 2.40 bits per heavy atom. The predicted molar refractivity (Wildman–Crippen MR) is 28.3 cm³/mol. The van der Waals surface area contributed by atoms with Crippen LogP contribution in [0.1, 0.15) is 13.3 Å². The molecule has 52 valence electrons. The Balaban J connectivity index is 0.000000810. The zero-order chi connectivity index (χ0) is 7.07. The first-order valence-corrected chi connectivity index (χ1v) is 2.93. The number of aliphatic hydroxyl groups is 1. The molecule has 0 aromatic rings. The minimum Gasteiger partial charge on any atom is -0.550 e. The second-order valence-electron chi connectivity index (χ2n) is 2.79. The number of hydrogen-bond acceptors (Lipinski definition) is 3. The van der Waals surface area contributed by atoms with E-state index >= 15 is 0 Å². The first-order valence-electron chi connectivity index (χ1n) is 2.93. The molecule has 1 rings (SSSR count). The number of aliphatic hydroxyl groups excluding tert-OH is 1. The Morgan fingerprint density at radius 3 is 2.50 bits per heavy atom. The van der Waals surface area contributed by atoms with E-state index in [0.29, 0.717) is 6.42 Å². The summed E-state index contributed by atoms with van der Waals surface area (Å²) in [5, 5.41) is 18.7. The number of carbonyl (C=O) groups excluding carboxylic acids is 1. The van der Waals surface area contributed by atoms with E-state index in [2.05, 4.69) is 0 Å². The van der Waals surface area contributed by atoms with Crippen LogP contribution in [0.3, 0.4) is 0 Å². The quantitative estimate of drug-likeness (QED) is 0.408. The van der Waals surface area contributed by atoms with Gasteiger partial charge < -0.3 is 15.0 Å². The van der Waals surface area contributed by atoms with E-state index in [4.69, 9.17) is 5.11 Å². The number of carboxylic acids is 1. The van der Waals surface area contributed by atoms with Crippen molar-refractivity contribution in [2.24, 2.45) is 11.3 Å². The molecule has 0 saturated heterocycles. The Labute approximate surface area is 81.7 Å². The summed E-state index contributed by atoms with van der Waals surface area (Å²) in [6.45, 7) is 1.56. The molecule has 0 aliphatic heterocycles. The van der Waals surface area contributed by atoms with Crippen molar-refractivity contribution in [1.29, 1.82) is 0 Å². The first kappa shape index (κ1) is 10.4. The van der Waals surface area contributed by atoms with E-state index in [1.165, 1.54) is 0 Å². The van der Waals surface area contributed by atoms with Crippen molar-refractivity contribution in [3.05, 3.63) is 0 Å². The van der Waals surface area contributed by atoms with Crippen LogP contribution < -0.4 is 34.7 Å². The van der Waals surface area contributed by atoms with Gasteiger partial charge in [0.2, 0.25) is 0 Å². The molecule has 10 heavy (non-hydrogen) atoms. The van der Waals surface area contributed by atoms with Crippen molar-refractivity contribution in [3.8, 4) is 0 Å². The molecule has 1 fully saturated rings. The van der Waals surface area contributed by atoms with E-state index in [0.717, 1.165) is 0 Å². The molecule has 1 saturated carbocycles. The molecule has 0 spiro atoms. The third kappa shape index (κ3) is 1.53. The molecule has 0 heterocycles. The van der Waals surface area contributed by atoms with E-state index < -0.39 is 11.4 Å². The molecular weight excluding hydrogens is 143 g/mol. The van der Waals surface area contributed by atoms with Crippen LogP contribution in [0.15, 0.2) is 0 Å². The van der Waals surface area contributed by atoms with Crippen LogP contribution in [0.5, 0.6) is 0 Å². The summed E-state index contributed by atoms with van der Waals surface area (Å²) in [6.07, 6.45) is 0.561. The van der Waals surface area contributed by atoms with Crippen LogP contribution in [-0.4, -0.2) is 17.7 Å². The average Bonchev–Trinajstić information content (AvgIpc) is 2.44. The molecule has 0 bridgehead atoms. The van der Waals surface area contributed by atoms with Gasteiger partial charge in [-0.2, -0.15) is 0 Å². The molecule has 1 aliphatic carbocycles. The van der Waals surface area contributed by atoms with Crippen molar-refractivity contribution in [2.45, 2.75) is 13.3 Å². The van der Waals surface area contributed by atoms with Crippen molar-refractivity contribution in [3.63, 3.8) is 0 Å². The van der Waals surface area contributed by atoms with E-state index in [9.17, 15) is 9.90 Å². The van der Waals surface area contributed by atoms with Gasteiger partial charge in [0, 0.05) is 18.0 Å². The summed E-state index contributed by atoms with van der Waals surface area (Å²) < 4.78 is 0. The fourth-order valence-corrected chi connectivity index (χ4v) is 0.969. The third-order valence-electron chi connectivity index (χ3n) is 2.10. The van der Waals surface area contributed by atoms with Gasteiger partial charge >= 0.3 is 29.6 Å². The monoisotopic (exact) mass is 152 g/mol. The second-order valence-corrected chi connectivity index (χ2v) is 2.79. The topological polar surface area (TPSA) is 60.4 Å². The van der Waals surface area contributed by atoms with Crippen molar-refractivity contribution >= 4 is 5.97 Å². The fourth-order valence-electron chi connectivity index (χ4n) is 0.969. The van der Waals surface area contributed by atoms with Crippen molar-refractivity contribution in [2.75, 3.05) is 6.61 Å². The molecule has 0 aromatic heterocycles. The number of carboxylic acid groups (broad SMARTS) is 1. The molecule has 1 aliphatic rings. The van der Waals surface area contributed by atoms with E-state index in [1.807, 2.05) is 0 Å². The predicted octanol–water partition coefficient (Wildman–Crippen LogP) is -4.24. The maximum atomic E-state index is 10.2. The zero-order valence-corrected chi connectivity index (χ0v) is 8.26. The molecule has 4 heteroatoms. The Hall–Kier alpha value is 0.430. The molecule has 2 atom stereocenters. The first-order chi connectivity index (χ1) is 4.11. The van der Waals surface area contributed by atoms with Crippen molar-refractivity contribution < 1.29 is 44.6 Å². The van der Waals surface area contributed by atoms with Gasteiger partial charge in [0.1, 0.15) is 0 Å². The van der Waals surface area contributed by atoms with Gasteiger partial charge in [0.15, 0.2) is 0 Å². The fraction of sp³-hybridized carbons (Fsp3) is 0.833. The third-order valence-corrected chi connectivity index (χ3v) is 2.10. The van der Waals surface area contributed by atoms with E-state index in [-0.39, 0.29) is 42.1 Å². The van der Waals surface area contributed by atoms with Gasteiger partial charge in [0.25, 0.3) is 0 Å². The van der Waals surface area contributed by atoms with Gasteiger partial charge in [-0.15, -0.1) is 0 Å². The molecule has 3 nitrogen and oxygen atoms in total. The Kier molecular flexibility index (Phi) is 3.36. The summed E-state index contributed by atoms with van der Waals surface area (Å²) in [5.41, 5.74) is -0.727. The number of rotatable bonds is 2. The number of aliphatic carboxylic acids is 1. The standard InChI is InChI=1S/C6H10O3.Na/c1-6(5(8)9)2-4(6)3-7;/h4,7H,2-3H2,1H3,(H,8,9);/q;+1/p-1/t4-,6+;/m1./s1. The maximum absolute atomic E-state index is 10.2. The minimum absolute atomic E-state index is 0. The summed E-state index contributed by atoms with van der Waals surface area (Å²) in [5.74, 6) is -1.11. The number of carbonyl (C=O) groups is 1.